The Hall–Kier alpha value is -2.42. The average molecular weight is 286 g/mol. The third kappa shape index (κ3) is 2.87. The fraction of sp³-hybridized carbons (Fsp3) is 0.467. The van der Waals surface area contributed by atoms with Crippen molar-refractivity contribution in [2.45, 2.75) is 46.6 Å². The second-order valence-electron chi connectivity index (χ2n) is 6.11. The molecule has 0 aliphatic carbocycles. The molecule has 110 valence electrons. The lowest BCUT2D eigenvalue weighted by Gasteiger charge is -2.11. The summed E-state index contributed by atoms with van der Waals surface area (Å²) < 4.78 is 6.71. The van der Waals surface area contributed by atoms with Crippen molar-refractivity contribution in [3.8, 4) is 6.07 Å². The van der Waals surface area contributed by atoms with Crippen LogP contribution in [0.5, 0.6) is 0 Å². The molecule has 0 aliphatic heterocycles. The Labute approximate surface area is 123 Å². The van der Waals surface area contributed by atoms with Crippen LogP contribution >= 0.6 is 0 Å². The van der Waals surface area contributed by atoms with Gasteiger partial charge >= 0.3 is 0 Å². The van der Waals surface area contributed by atoms with E-state index in [1.807, 2.05) is 39.8 Å². The number of nitrogens with zero attached hydrogens (tertiary/aromatic N) is 4. The van der Waals surface area contributed by atoms with Gasteiger partial charge in [0, 0.05) is 11.1 Å². The Morgan fingerprint density at radius 2 is 2.05 bits per heavy atom. The minimum atomic E-state index is -0.322. The molecule has 6 heteroatoms. The van der Waals surface area contributed by atoms with Crippen LogP contribution in [0.2, 0.25) is 0 Å². The molecule has 0 aliphatic rings. The molecule has 6 nitrogen and oxygen atoms in total. The highest BCUT2D eigenvalue weighted by Gasteiger charge is 2.22. The summed E-state index contributed by atoms with van der Waals surface area (Å²) in [6.07, 6.45) is 0. The van der Waals surface area contributed by atoms with Gasteiger partial charge in [0.1, 0.15) is 11.6 Å². The van der Waals surface area contributed by atoms with E-state index in [2.05, 4.69) is 10.1 Å². The second kappa shape index (κ2) is 5.17. The van der Waals surface area contributed by atoms with Crippen molar-refractivity contribution in [2.24, 2.45) is 0 Å². The minimum Gasteiger partial charge on any atom is -0.339 e. The SMILES string of the molecule is Cc1cc(C)n(Cc2noc(C(C)(C)C)n2)c(=O)c1C#N. The lowest BCUT2D eigenvalue weighted by Crippen LogP contribution is -2.26. The van der Waals surface area contributed by atoms with Crippen molar-refractivity contribution in [1.82, 2.24) is 14.7 Å². The third-order valence-electron chi connectivity index (χ3n) is 3.23. The van der Waals surface area contributed by atoms with E-state index < -0.39 is 0 Å². The fourth-order valence-electron chi connectivity index (χ4n) is 2.02. The molecule has 2 aromatic heterocycles. The van der Waals surface area contributed by atoms with Gasteiger partial charge < -0.3 is 9.09 Å². The van der Waals surface area contributed by atoms with E-state index in [1.54, 1.807) is 6.92 Å². The van der Waals surface area contributed by atoms with Crippen molar-refractivity contribution in [2.75, 3.05) is 0 Å². The number of hydrogen-bond donors (Lipinski definition) is 0. The molecule has 2 rings (SSSR count). The van der Waals surface area contributed by atoms with Gasteiger partial charge in [-0.2, -0.15) is 10.2 Å². The van der Waals surface area contributed by atoms with Gasteiger partial charge in [-0.3, -0.25) is 4.79 Å². The van der Waals surface area contributed by atoms with Crippen LogP contribution in [0.1, 0.15) is 49.3 Å². The van der Waals surface area contributed by atoms with Gasteiger partial charge in [-0.25, -0.2) is 0 Å². The molecule has 0 bridgehead atoms. The summed E-state index contributed by atoms with van der Waals surface area (Å²) in [5, 5.41) is 13.0. The monoisotopic (exact) mass is 286 g/mol. The number of aromatic nitrogens is 3. The zero-order chi connectivity index (χ0) is 15.8. The standard InChI is InChI=1S/C15H18N4O2/c1-9-6-10(2)19(13(20)11(9)7-16)8-12-17-14(21-18-12)15(3,4)5/h6H,8H2,1-5H3. The Morgan fingerprint density at radius 1 is 1.38 bits per heavy atom. The minimum absolute atomic E-state index is 0.153. The maximum Gasteiger partial charge on any atom is 0.269 e. The first-order chi connectivity index (χ1) is 9.74. The Balaban J connectivity index is 2.44. The maximum atomic E-state index is 12.3. The predicted molar refractivity (Wildman–Crippen MR) is 77.0 cm³/mol. The second-order valence-corrected chi connectivity index (χ2v) is 6.11. The Morgan fingerprint density at radius 3 is 2.57 bits per heavy atom. The molecule has 2 aromatic rings. The van der Waals surface area contributed by atoms with E-state index in [-0.39, 0.29) is 23.1 Å². The summed E-state index contributed by atoms with van der Waals surface area (Å²) in [4.78, 5) is 16.6. The van der Waals surface area contributed by atoms with Crippen molar-refractivity contribution in [1.29, 1.82) is 5.26 Å². The van der Waals surface area contributed by atoms with Crippen LogP contribution in [0.15, 0.2) is 15.4 Å². The van der Waals surface area contributed by atoms with Crippen LogP contribution in [0.4, 0.5) is 0 Å². The number of hydrogen-bond acceptors (Lipinski definition) is 5. The van der Waals surface area contributed by atoms with Gasteiger partial charge in [0.25, 0.3) is 5.56 Å². The fourth-order valence-corrected chi connectivity index (χ4v) is 2.02. The average Bonchev–Trinajstić information content (AvgIpc) is 2.83. The van der Waals surface area contributed by atoms with Crippen molar-refractivity contribution < 1.29 is 4.52 Å². The molecule has 0 unspecified atom stereocenters. The first-order valence-corrected chi connectivity index (χ1v) is 6.68. The zero-order valence-electron chi connectivity index (χ0n) is 12.9. The quantitative estimate of drug-likeness (QED) is 0.843. The summed E-state index contributed by atoms with van der Waals surface area (Å²) in [6.45, 7) is 9.69. The molecular formula is C15H18N4O2. The van der Waals surface area contributed by atoms with Gasteiger partial charge in [-0.05, 0) is 25.5 Å². The van der Waals surface area contributed by atoms with E-state index in [4.69, 9.17) is 9.78 Å². The highest BCUT2D eigenvalue weighted by Crippen LogP contribution is 2.19. The first kappa shape index (κ1) is 15.0. The smallest absolute Gasteiger partial charge is 0.269 e. The maximum absolute atomic E-state index is 12.3. The largest absolute Gasteiger partial charge is 0.339 e. The van der Waals surface area contributed by atoms with E-state index in [1.165, 1.54) is 4.57 Å². The van der Waals surface area contributed by atoms with Gasteiger partial charge in [-0.1, -0.05) is 25.9 Å². The molecule has 0 saturated carbocycles. The molecule has 0 fully saturated rings. The van der Waals surface area contributed by atoms with Gasteiger partial charge in [0.05, 0.1) is 6.54 Å². The highest BCUT2D eigenvalue weighted by atomic mass is 16.5. The van der Waals surface area contributed by atoms with E-state index >= 15 is 0 Å². The summed E-state index contributed by atoms with van der Waals surface area (Å²) in [6, 6.07) is 3.76. The van der Waals surface area contributed by atoms with Gasteiger partial charge in [-0.15, -0.1) is 0 Å². The van der Waals surface area contributed by atoms with E-state index in [0.29, 0.717) is 17.3 Å². The Bertz CT molecular complexity index is 772. The van der Waals surface area contributed by atoms with Gasteiger partial charge in [0.15, 0.2) is 5.82 Å². The number of rotatable bonds is 2. The number of aryl methyl sites for hydroxylation is 2. The lowest BCUT2D eigenvalue weighted by molar-refractivity contribution is 0.318. The summed E-state index contributed by atoms with van der Waals surface area (Å²) in [5.74, 6) is 0.952. The van der Waals surface area contributed by atoms with Crippen molar-refractivity contribution in [3.05, 3.63) is 45.0 Å². The van der Waals surface area contributed by atoms with Crippen LogP contribution in [-0.4, -0.2) is 14.7 Å². The molecule has 0 saturated heterocycles. The highest BCUT2D eigenvalue weighted by molar-refractivity contribution is 5.36. The van der Waals surface area contributed by atoms with Crippen LogP contribution in [0.25, 0.3) is 0 Å². The molecule has 0 spiro atoms. The first-order valence-electron chi connectivity index (χ1n) is 6.68. The third-order valence-corrected chi connectivity index (χ3v) is 3.23. The van der Waals surface area contributed by atoms with Gasteiger partial charge in [0.2, 0.25) is 5.89 Å². The topological polar surface area (TPSA) is 84.7 Å². The molecule has 0 N–H and O–H groups in total. The van der Waals surface area contributed by atoms with Crippen LogP contribution < -0.4 is 5.56 Å². The lowest BCUT2D eigenvalue weighted by atomic mass is 9.97. The number of pyridine rings is 1. The van der Waals surface area contributed by atoms with Crippen LogP contribution in [0.3, 0.4) is 0 Å². The van der Waals surface area contributed by atoms with Crippen LogP contribution in [-0.2, 0) is 12.0 Å². The molecule has 0 amide bonds. The summed E-state index contributed by atoms with van der Waals surface area (Å²) in [5.41, 5.74) is 1.03. The van der Waals surface area contributed by atoms with Crippen molar-refractivity contribution >= 4 is 0 Å². The van der Waals surface area contributed by atoms with E-state index in [0.717, 1.165) is 5.69 Å². The number of nitriles is 1. The summed E-state index contributed by atoms with van der Waals surface area (Å²) in [7, 11) is 0. The molecule has 21 heavy (non-hydrogen) atoms. The predicted octanol–water partition coefficient (Wildman–Crippen LogP) is 2.07. The molecular weight excluding hydrogens is 268 g/mol. The van der Waals surface area contributed by atoms with E-state index in [9.17, 15) is 4.79 Å². The Kier molecular flexibility index (Phi) is 3.69. The molecule has 2 heterocycles. The van der Waals surface area contributed by atoms with Crippen LogP contribution in [0, 0.1) is 25.2 Å². The summed E-state index contributed by atoms with van der Waals surface area (Å²) >= 11 is 0. The molecule has 0 aromatic carbocycles. The molecule has 0 radical (unpaired) electrons. The normalized spacial score (nSPS) is 11.4. The zero-order valence-corrected chi connectivity index (χ0v) is 12.9. The molecule has 0 atom stereocenters. The van der Waals surface area contributed by atoms with Crippen molar-refractivity contribution in [3.63, 3.8) is 0 Å².